The molecule has 2 nitrogen and oxygen atoms in total. The predicted octanol–water partition coefficient (Wildman–Crippen LogP) is 2.90. The minimum Gasteiger partial charge on any atom is -0.394 e. The van der Waals surface area contributed by atoms with Crippen molar-refractivity contribution in [3.05, 3.63) is 29.8 Å². The Bertz CT molecular complexity index is 417. The molecular weight excluding hydrogens is 242 g/mol. The van der Waals surface area contributed by atoms with Gasteiger partial charge in [-0.05, 0) is 30.9 Å². The summed E-state index contributed by atoms with van der Waals surface area (Å²) in [6.07, 6.45) is 6.21. The van der Waals surface area contributed by atoms with Crippen LogP contribution in [-0.4, -0.2) is 23.5 Å². The van der Waals surface area contributed by atoms with E-state index in [0.29, 0.717) is 6.04 Å². The number of nitrogens with one attached hydrogen (secondary N) is 1. The molecule has 2 N–H and O–H groups in total. The largest absolute Gasteiger partial charge is 0.394 e. The highest BCUT2D eigenvalue weighted by Crippen LogP contribution is 2.41. The van der Waals surface area contributed by atoms with E-state index in [-0.39, 0.29) is 12.1 Å². The van der Waals surface area contributed by atoms with Crippen LogP contribution in [0.3, 0.4) is 0 Å². The summed E-state index contributed by atoms with van der Waals surface area (Å²) in [5.74, 6) is 1.09. The Hall–Kier alpha value is -0.510. The van der Waals surface area contributed by atoms with Crippen LogP contribution in [-0.2, 0) is 5.54 Å². The second-order valence-electron chi connectivity index (χ2n) is 5.46. The Morgan fingerprint density at radius 1 is 1.28 bits per heavy atom. The molecule has 1 fully saturated rings. The maximum absolute atomic E-state index is 9.98. The van der Waals surface area contributed by atoms with Gasteiger partial charge in [-0.1, -0.05) is 31.0 Å². The molecule has 3 rings (SSSR count). The minimum absolute atomic E-state index is 0.198. The molecule has 1 unspecified atom stereocenters. The SMILES string of the molecule is OCC1(NC2CCCC2)CCSc2ccccc21. The number of aliphatic hydroxyl groups is 1. The summed E-state index contributed by atoms with van der Waals surface area (Å²) in [4.78, 5) is 1.34. The molecule has 1 saturated carbocycles. The molecule has 1 aromatic carbocycles. The molecule has 0 spiro atoms. The van der Waals surface area contributed by atoms with Crippen LogP contribution in [0.25, 0.3) is 0 Å². The molecule has 0 aromatic heterocycles. The zero-order valence-electron chi connectivity index (χ0n) is 10.7. The first-order valence-electron chi connectivity index (χ1n) is 6.95. The first kappa shape index (κ1) is 12.5. The Morgan fingerprint density at radius 3 is 2.83 bits per heavy atom. The molecule has 0 amide bonds. The van der Waals surface area contributed by atoms with Crippen LogP contribution in [0, 0.1) is 0 Å². The monoisotopic (exact) mass is 263 g/mol. The molecule has 1 atom stereocenters. The van der Waals surface area contributed by atoms with E-state index in [9.17, 15) is 5.11 Å². The maximum atomic E-state index is 9.98. The van der Waals surface area contributed by atoms with Crippen LogP contribution < -0.4 is 5.32 Å². The van der Waals surface area contributed by atoms with Gasteiger partial charge in [0.05, 0.1) is 12.1 Å². The fourth-order valence-corrected chi connectivity index (χ4v) is 4.54. The predicted molar refractivity (Wildman–Crippen MR) is 75.9 cm³/mol. The number of aliphatic hydroxyl groups excluding tert-OH is 1. The molecule has 0 bridgehead atoms. The summed E-state index contributed by atoms with van der Waals surface area (Å²) in [6, 6.07) is 9.13. The summed E-state index contributed by atoms with van der Waals surface area (Å²) in [5.41, 5.74) is 1.10. The van der Waals surface area contributed by atoms with Gasteiger partial charge in [-0.25, -0.2) is 0 Å². The van der Waals surface area contributed by atoms with Gasteiger partial charge in [0.15, 0.2) is 0 Å². The topological polar surface area (TPSA) is 32.3 Å². The van der Waals surface area contributed by atoms with E-state index in [1.807, 2.05) is 11.8 Å². The normalized spacial score (nSPS) is 28.3. The van der Waals surface area contributed by atoms with Gasteiger partial charge in [0.1, 0.15) is 0 Å². The minimum atomic E-state index is -0.198. The molecular formula is C15H21NOS. The summed E-state index contributed by atoms with van der Waals surface area (Å²) < 4.78 is 0. The van der Waals surface area contributed by atoms with Gasteiger partial charge < -0.3 is 10.4 Å². The average Bonchev–Trinajstić information content (AvgIpc) is 2.92. The van der Waals surface area contributed by atoms with Crippen LogP contribution in [0.1, 0.15) is 37.7 Å². The Kier molecular flexibility index (Phi) is 3.64. The Labute approximate surface area is 113 Å². The van der Waals surface area contributed by atoms with Gasteiger partial charge in [0.2, 0.25) is 0 Å². The lowest BCUT2D eigenvalue weighted by Gasteiger charge is -2.40. The average molecular weight is 263 g/mol. The van der Waals surface area contributed by atoms with Crippen LogP contribution >= 0.6 is 11.8 Å². The zero-order valence-corrected chi connectivity index (χ0v) is 11.5. The van der Waals surface area contributed by atoms with Gasteiger partial charge >= 0.3 is 0 Å². The van der Waals surface area contributed by atoms with E-state index >= 15 is 0 Å². The van der Waals surface area contributed by atoms with Gasteiger partial charge in [-0.15, -0.1) is 11.8 Å². The van der Waals surface area contributed by atoms with Crippen LogP contribution in [0.5, 0.6) is 0 Å². The lowest BCUT2D eigenvalue weighted by molar-refractivity contribution is 0.139. The van der Waals surface area contributed by atoms with Crippen molar-refractivity contribution >= 4 is 11.8 Å². The van der Waals surface area contributed by atoms with E-state index in [1.165, 1.54) is 36.1 Å². The molecule has 2 aliphatic rings. The molecule has 1 heterocycles. The van der Waals surface area contributed by atoms with Crippen LogP contribution in [0.4, 0.5) is 0 Å². The number of hydrogen-bond donors (Lipinski definition) is 2. The first-order chi connectivity index (χ1) is 8.84. The van der Waals surface area contributed by atoms with E-state index in [0.717, 1.165) is 12.2 Å². The van der Waals surface area contributed by atoms with Crippen molar-refractivity contribution in [2.24, 2.45) is 0 Å². The van der Waals surface area contributed by atoms with Gasteiger partial charge in [0.25, 0.3) is 0 Å². The Morgan fingerprint density at radius 2 is 2.06 bits per heavy atom. The van der Waals surface area contributed by atoms with Crippen molar-refractivity contribution in [1.82, 2.24) is 5.32 Å². The van der Waals surface area contributed by atoms with Crippen molar-refractivity contribution in [3.63, 3.8) is 0 Å². The highest BCUT2D eigenvalue weighted by Gasteiger charge is 2.38. The van der Waals surface area contributed by atoms with E-state index in [2.05, 4.69) is 29.6 Å². The van der Waals surface area contributed by atoms with Gasteiger partial charge in [-0.3, -0.25) is 0 Å². The number of rotatable bonds is 3. The molecule has 3 heteroatoms. The third-order valence-electron chi connectivity index (χ3n) is 4.29. The van der Waals surface area contributed by atoms with Crippen molar-refractivity contribution < 1.29 is 5.11 Å². The molecule has 1 aromatic rings. The van der Waals surface area contributed by atoms with E-state index < -0.39 is 0 Å². The number of thioether (sulfide) groups is 1. The molecule has 0 radical (unpaired) electrons. The summed E-state index contributed by atoms with van der Waals surface area (Å²) in [7, 11) is 0. The molecule has 0 saturated heterocycles. The van der Waals surface area contributed by atoms with E-state index in [1.54, 1.807) is 0 Å². The molecule has 1 aliphatic carbocycles. The van der Waals surface area contributed by atoms with Crippen LogP contribution in [0.2, 0.25) is 0 Å². The number of hydrogen-bond acceptors (Lipinski definition) is 3. The highest BCUT2D eigenvalue weighted by molar-refractivity contribution is 7.99. The van der Waals surface area contributed by atoms with Crippen molar-refractivity contribution in [2.45, 2.75) is 48.6 Å². The summed E-state index contributed by atoms with van der Waals surface area (Å²) in [6.45, 7) is 0.209. The standard InChI is InChI=1S/C15H21NOS/c17-11-15(16-12-5-1-2-6-12)9-10-18-14-8-4-3-7-13(14)15/h3-4,7-8,12,16-17H,1-2,5-6,9-11H2. The van der Waals surface area contributed by atoms with Gasteiger partial charge in [0, 0.05) is 16.7 Å². The summed E-state index contributed by atoms with van der Waals surface area (Å²) in [5, 5.41) is 13.8. The fraction of sp³-hybridized carbons (Fsp3) is 0.600. The number of fused-ring (bicyclic) bond motifs is 1. The Balaban J connectivity index is 1.91. The van der Waals surface area contributed by atoms with Crippen LogP contribution in [0.15, 0.2) is 29.2 Å². The lowest BCUT2D eigenvalue weighted by Crippen LogP contribution is -2.51. The summed E-state index contributed by atoms with van der Waals surface area (Å²) >= 11 is 1.91. The second kappa shape index (κ2) is 5.24. The zero-order chi connectivity index (χ0) is 12.4. The first-order valence-corrected chi connectivity index (χ1v) is 7.93. The molecule has 18 heavy (non-hydrogen) atoms. The second-order valence-corrected chi connectivity index (χ2v) is 6.60. The number of benzene rings is 1. The third-order valence-corrected chi connectivity index (χ3v) is 5.37. The van der Waals surface area contributed by atoms with Gasteiger partial charge in [-0.2, -0.15) is 0 Å². The van der Waals surface area contributed by atoms with Crippen molar-refractivity contribution in [1.29, 1.82) is 0 Å². The third kappa shape index (κ3) is 2.20. The quantitative estimate of drug-likeness (QED) is 0.879. The smallest absolute Gasteiger partial charge is 0.0690 e. The maximum Gasteiger partial charge on any atom is 0.0690 e. The lowest BCUT2D eigenvalue weighted by atomic mass is 9.86. The van der Waals surface area contributed by atoms with Crippen molar-refractivity contribution in [3.8, 4) is 0 Å². The molecule has 1 aliphatic heterocycles. The molecule has 98 valence electrons. The fourth-order valence-electron chi connectivity index (χ4n) is 3.28. The van der Waals surface area contributed by atoms with Crippen molar-refractivity contribution in [2.75, 3.05) is 12.4 Å². The van der Waals surface area contributed by atoms with E-state index in [4.69, 9.17) is 0 Å². The highest BCUT2D eigenvalue weighted by atomic mass is 32.2.